The number of hydrogen-bond acceptors (Lipinski definition) is 8. The maximum atomic E-state index is 11.0. The van der Waals surface area contributed by atoms with Crippen molar-refractivity contribution in [3.8, 4) is 0 Å². The van der Waals surface area contributed by atoms with Gasteiger partial charge in [-0.1, -0.05) is 0 Å². The highest BCUT2D eigenvalue weighted by atomic mass is 32.2. The molecule has 0 aromatic carbocycles. The first-order chi connectivity index (χ1) is 8.62. The molecule has 0 aromatic rings. The summed E-state index contributed by atoms with van der Waals surface area (Å²) in [5.74, 6) is -3.11. The number of sulfonamides is 2. The van der Waals surface area contributed by atoms with E-state index in [2.05, 4.69) is 9.68 Å². The Morgan fingerprint density at radius 1 is 0.842 bits per heavy atom. The summed E-state index contributed by atoms with van der Waals surface area (Å²) >= 11 is 0. The van der Waals surface area contributed by atoms with Crippen molar-refractivity contribution in [2.75, 3.05) is 11.5 Å². The average Bonchev–Trinajstić information content (AvgIpc) is 2.34. The van der Waals surface area contributed by atoms with E-state index in [1.165, 1.54) is 23.6 Å². The lowest BCUT2D eigenvalue weighted by Gasteiger charge is -2.06. The van der Waals surface area contributed by atoms with Gasteiger partial charge in [0.2, 0.25) is 20.0 Å². The highest BCUT2D eigenvalue weighted by Crippen LogP contribution is 1.92. The van der Waals surface area contributed by atoms with E-state index >= 15 is 0 Å². The van der Waals surface area contributed by atoms with E-state index in [1.54, 1.807) is 0 Å². The Morgan fingerprint density at radius 2 is 1.16 bits per heavy atom. The molecule has 0 spiro atoms. The SMILES string of the molecule is CCS(=O)(=O)NOC(=O)CC(=O)ONS(=O)(=O)CC. The van der Waals surface area contributed by atoms with Crippen molar-refractivity contribution in [3.05, 3.63) is 0 Å². The van der Waals surface area contributed by atoms with Crippen molar-refractivity contribution in [3.63, 3.8) is 0 Å². The smallest absolute Gasteiger partial charge is 0.337 e. The van der Waals surface area contributed by atoms with Crippen molar-refractivity contribution in [1.82, 2.24) is 9.77 Å². The molecule has 0 aliphatic heterocycles. The Morgan fingerprint density at radius 3 is 1.42 bits per heavy atom. The van der Waals surface area contributed by atoms with Gasteiger partial charge in [-0.3, -0.25) is 0 Å². The molecule has 0 amide bonds. The molecule has 0 rings (SSSR count). The number of carbonyl (C=O) groups is 2. The minimum absolute atomic E-state index is 0.318. The van der Waals surface area contributed by atoms with Crippen LogP contribution in [-0.4, -0.2) is 40.3 Å². The van der Waals surface area contributed by atoms with Crippen LogP contribution in [-0.2, 0) is 39.3 Å². The van der Waals surface area contributed by atoms with Gasteiger partial charge in [0.05, 0.1) is 11.5 Å². The molecular weight excluding hydrogens is 304 g/mol. The molecule has 0 aliphatic carbocycles. The number of rotatable bonds is 8. The third kappa shape index (κ3) is 8.47. The largest absolute Gasteiger partial charge is 0.355 e. The lowest BCUT2D eigenvalue weighted by molar-refractivity contribution is -0.158. The zero-order valence-electron chi connectivity index (χ0n) is 10.2. The summed E-state index contributed by atoms with van der Waals surface area (Å²) in [5.41, 5.74) is 0. The molecule has 2 N–H and O–H groups in total. The van der Waals surface area contributed by atoms with E-state index in [0.29, 0.717) is 0 Å². The molecule has 112 valence electrons. The summed E-state index contributed by atoms with van der Waals surface area (Å²) in [6, 6.07) is 0. The van der Waals surface area contributed by atoms with Crippen LogP contribution in [0.4, 0.5) is 0 Å². The predicted molar refractivity (Wildman–Crippen MR) is 62.0 cm³/mol. The maximum Gasteiger partial charge on any atom is 0.337 e. The van der Waals surface area contributed by atoms with Crippen LogP contribution in [0.1, 0.15) is 20.3 Å². The Balaban J connectivity index is 4.11. The molecule has 0 heterocycles. The average molecular weight is 318 g/mol. The first-order valence-electron chi connectivity index (χ1n) is 5.00. The fraction of sp³-hybridized carbons (Fsp3) is 0.714. The van der Waals surface area contributed by atoms with E-state index in [4.69, 9.17) is 0 Å². The summed E-state index contributed by atoms with van der Waals surface area (Å²) in [5, 5.41) is 0. The molecule has 0 radical (unpaired) electrons. The lowest BCUT2D eigenvalue weighted by atomic mass is 10.5. The quantitative estimate of drug-likeness (QED) is 0.393. The van der Waals surface area contributed by atoms with Crippen LogP contribution in [0.5, 0.6) is 0 Å². The minimum atomic E-state index is -3.75. The monoisotopic (exact) mass is 318 g/mol. The van der Waals surface area contributed by atoms with E-state index in [9.17, 15) is 26.4 Å². The van der Waals surface area contributed by atoms with Gasteiger partial charge in [-0.2, -0.15) is 0 Å². The van der Waals surface area contributed by atoms with E-state index < -0.39 is 38.4 Å². The van der Waals surface area contributed by atoms with Gasteiger partial charge in [0.15, 0.2) is 0 Å². The van der Waals surface area contributed by atoms with Gasteiger partial charge in [-0.15, -0.1) is 0 Å². The molecular formula is C7H14N2O8S2. The second kappa shape index (κ2) is 7.37. The molecule has 10 nitrogen and oxygen atoms in total. The van der Waals surface area contributed by atoms with Crippen LogP contribution in [0.25, 0.3) is 0 Å². The van der Waals surface area contributed by atoms with Gasteiger partial charge in [0, 0.05) is 0 Å². The number of hydrogen-bond donors (Lipinski definition) is 2. The zero-order valence-corrected chi connectivity index (χ0v) is 11.8. The van der Waals surface area contributed by atoms with Crippen LogP contribution in [0, 0.1) is 0 Å². The normalized spacial score (nSPS) is 11.9. The van der Waals surface area contributed by atoms with Gasteiger partial charge in [0.1, 0.15) is 6.42 Å². The van der Waals surface area contributed by atoms with Crippen LogP contribution >= 0.6 is 0 Å². The Bertz CT molecular complexity index is 475. The summed E-state index contributed by atoms with van der Waals surface area (Å²) in [6.07, 6.45) is -0.960. The van der Waals surface area contributed by atoms with Gasteiger partial charge in [0.25, 0.3) is 0 Å². The van der Waals surface area contributed by atoms with E-state index in [0.717, 1.165) is 0 Å². The summed E-state index contributed by atoms with van der Waals surface area (Å²) in [6.45, 7) is 2.62. The maximum absolute atomic E-state index is 11.0. The first-order valence-corrected chi connectivity index (χ1v) is 8.30. The molecule has 0 saturated heterocycles. The molecule has 0 aliphatic rings. The summed E-state index contributed by atoms with van der Waals surface area (Å²) < 4.78 is 43.6. The Labute approximate surface area is 110 Å². The van der Waals surface area contributed by atoms with Crippen LogP contribution in [0.15, 0.2) is 0 Å². The fourth-order valence-electron chi connectivity index (χ4n) is 0.528. The molecule has 0 aromatic heterocycles. The molecule has 19 heavy (non-hydrogen) atoms. The third-order valence-corrected chi connectivity index (χ3v) is 3.81. The van der Waals surface area contributed by atoms with Crippen molar-refractivity contribution < 1.29 is 36.1 Å². The van der Waals surface area contributed by atoms with Crippen LogP contribution in [0.2, 0.25) is 0 Å². The standard InChI is InChI=1S/C7H14N2O8S2/c1-3-18(12,13)8-16-6(10)5-7(11)17-9-19(14,15)4-2/h8-9H,3-5H2,1-2H3. The summed E-state index contributed by atoms with van der Waals surface area (Å²) in [4.78, 5) is 33.1. The van der Waals surface area contributed by atoms with E-state index in [-0.39, 0.29) is 11.5 Å². The van der Waals surface area contributed by atoms with Crippen molar-refractivity contribution in [2.24, 2.45) is 0 Å². The number of nitrogens with one attached hydrogen (secondary N) is 2. The topological polar surface area (TPSA) is 145 Å². The number of carbonyl (C=O) groups excluding carboxylic acids is 2. The van der Waals surface area contributed by atoms with Crippen LogP contribution in [0.3, 0.4) is 0 Å². The zero-order chi connectivity index (χ0) is 15.1. The highest BCUT2D eigenvalue weighted by molar-refractivity contribution is 7.89. The highest BCUT2D eigenvalue weighted by Gasteiger charge is 2.17. The van der Waals surface area contributed by atoms with E-state index in [1.807, 2.05) is 0 Å². The molecule has 0 unspecified atom stereocenters. The third-order valence-electron chi connectivity index (χ3n) is 1.61. The van der Waals surface area contributed by atoms with Gasteiger partial charge in [-0.25, -0.2) is 26.4 Å². The Kier molecular flexibility index (Phi) is 6.89. The van der Waals surface area contributed by atoms with Gasteiger partial charge >= 0.3 is 11.9 Å². The molecule has 0 atom stereocenters. The molecule has 0 fully saturated rings. The fourth-order valence-corrected chi connectivity index (χ4v) is 1.20. The first kappa shape index (κ1) is 17.8. The molecule has 0 bridgehead atoms. The summed E-state index contributed by atoms with van der Waals surface area (Å²) in [7, 11) is -7.49. The Hall–Kier alpha value is -1.24. The second-order valence-electron chi connectivity index (χ2n) is 3.10. The van der Waals surface area contributed by atoms with Gasteiger partial charge < -0.3 is 9.68 Å². The second-order valence-corrected chi connectivity index (χ2v) is 7.05. The predicted octanol–water partition coefficient (Wildman–Crippen LogP) is -1.83. The van der Waals surface area contributed by atoms with Crippen LogP contribution < -0.4 is 9.77 Å². The molecule has 0 saturated carbocycles. The lowest BCUT2D eigenvalue weighted by Crippen LogP contribution is -2.32. The minimum Gasteiger partial charge on any atom is -0.355 e. The molecule has 12 heteroatoms. The van der Waals surface area contributed by atoms with Crippen molar-refractivity contribution in [1.29, 1.82) is 0 Å². The van der Waals surface area contributed by atoms with Gasteiger partial charge in [-0.05, 0) is 23.6 Å². The van der Waals surface area contributed by atoms with Crippen molar-refractivity contribution >= 4 is 32.0 Å². The van der Waals surface area contributed by atoms with Crippen molar-refractivity contribution in [2.45, 2.75) is 20.3 Å².